The number of aliphatic hydroxyl groups is 1. The van der Waals surface area contributed by atoms with E-state index in [4.69, 9.17) is 0 Å². The van der Waals surface area contributed by atoms with Gasteiger partial charge in [0.05, 0.1) is 12.1 Å². The first-order valence-corrected chi connectivity index (χ1v) is 8.91. The summed E-state index contributed by atoms with van der Waals surface area (Å²) in [6.45, 7) is 7.91. The SMILES string of the molecule is CC(C)C(=O)N1CCCC12C(=O)N([C@H](c1ncccn1)[C@@H](C)O)C2C. The zero-order chi connectivity index (χ0) is 18.4. The second-order valence-corrected chi connectivity index (χ2v) is 7.35. The minimum atomic E-state index is -0.804. The number of β-lactam (4-membered cyclic amide) rings is 1. The number of hydrogen-bond acceptors (Lipinski definition) is 5. The van der Waals surface area contributed by atoms with E-state index in [1.165, 1.54) is 0 Å². The Hall–Kier alpha value is -2.02. The summed E-state index contributed by atoms with van der Waals surface area (Å²) in [6, 6.07) is 0.908. The van der Waals surface area contributed by atoms with E-state index in [0.717, 1.165) is 6.42 Å². The first-order valence-electron chi connectivity index (χ1n) is 8.91. The molecule has 4 atom stereocenters. The Balaban J connectivity index is 1.92. The topological polar surface area (TPSA) is 86.6 Å². The monoisotopic (exact) mass is 346 g/mol. The fourth-order valence-electron chi connectivity index (χ4n) is 4.26. The van der Waals surface area contributed by atoms with E-state index in [2.05, 4.69) is 9.97 Å². The molecule has 7 nitrogen and oxygen atoms in total. The van der Waals surface area contributed by atoms with Crippen molar-refractivity contribution in [3.63, 3.8) is 0 Å². The van der Waals surface area contributed by atoms with Gasteiger partial charge in [-0.3, -0.25) is 9.59 Å². The Morgan fingerprint density at radius 3 is 2.48 bits per heavy atom. The predicted octanol–water partition coefficient (Wildman–Crippen LogP) is 1.15. The highest BCUT2D eigenvalue weighted by Crippen LogP contribution is 2.48. The van der Waals surface area contributed by atoms with Crippen LogP contribution in [-0.2, 0) is 9.59 Å². The Kier molecular flexibility index (Phi) is 4.53. The summed E-state index contributed by atoms with van der Waals surface area (Å²) >= 11 is 0. The maximum absolute atomic E-state index is 13.2. The minimum Gasteiger partial charge on any atom is -0.391 e. The van der Waals surface area contributed by atoms with Crippen molar-refractivity contribution in [2.24, 2.45) is 5.92 Å². The molecule has 1 spiro atoms. The fourth-order valence-corrected chi connectivity index (χ4v) is 4.26. The van der Waals surface area contributed by atoms with E-state index in [1.54, 1.807) is 35.2 Å². The van der Waals surface area contributed by atoms with Gasteiger partial charge in [0, 0.05) is 24.9 Å². The lowest BCUT2D eigenvalue weighted by Crippen LogP contribution is -2.79. The maximum atomic E-state index is 13.2. The maximum Gasteiger partial charge on any atom is 0.251 e. The normalized spacial score (nSPS) is 28.4. The van der Waals surface area contributed by atoms with Gasteiger partial charge in [0.2, 0.25) is 5.91 Å². The standard InChI is InChI=1S/C18H26N4O3/c1-11(2)16(24)21-10-5-7-18(21)13(4)22(17(18)25)14(12(3)23)15-19-8-6-9-20-15/h6,8-9,11-14,23H,5,7,10H2,1-4H3/t12-,13?,14+,18?/m1/s1. The van der Waals surface area contributed by atoms with Gasteiger partial charge in [-0.05, 0) is 32.8 Å². The number of hydrogen-bond donors (Lipinski definition) is 1. The van der Waals surface area contributed by atoms with Crippen LogP contribution in [0.15, 0.2) is 18.5 Å². The number of aliphatic hydroxyl groups excluding tert-OH is 1. The van der Waals surface area contributed by atoms with Crippen LogP contribution >= 0.6 is 0 Å². The van der Waals surface area contributed by atoms with E-state index in [-0.39, 0.29) is 23.8 Å². The first-order chi connectivity index (χ1) is 11.8. The average molecular weight is 346 g/mol. The molecule has 1 aromatic rings. The molecule has 0 aliphatic carbocycles. The lowest BCUT2D eigenvalue weighted by Gasteiger charge is -2.59. The second kappa shape index (κ2) is 6.37. The van der Waals surface area contributed by atoms with Crippen molar-refractivity contribution in [2.45, 2.75) is 64.3 Å². The van der Waals surface area contributed by atoms with Crippen molar-refractivity contribution in [3.05, 3.63) is 24.3 Å². The lowest BCUT2D eigenvalue weighted by atomic mass is 9.75. The molecule has 136 valence electrons. The number of amides is 2. The highest BCUT2D eigenvalue weighted by molar-refractivity contribution is 5.99. The van der Waals surface area contributed by atoms with Crippen molar-refractivity contribution >= 4 is 11.8 Å². The third kappa shape index (κ3) is 2.52. The number of carbonyl (C=O) groups excluding carboxylic acids is 2. The summed E-state index contributed by atoms with van der Waals surface area (Å²) in [5.74, 6) is 0.188. The Morgan fingerprint density at radius 2 is 1.96 bits per heavy atom. The molecule has 1 aromatic heterocycles. The van der Waals surface area contributed by atoms with Gasteiger partial charge in [-0.25, -0.2) is 9.97 Å². The molecule has 0 aromatic carbocycles. The van der Waals surface area contributed by atoms with E-state index in [9.17, 15) is 14.7 Å². The predicted molar refractivity (Wildman–Crippen MR) is 91.3 cm³/mol. The van der Waals surface area contributed by atoms with Crippen LogP contribution < -0.4 is 0 Å². The molecule has 0 radical (unpaired) electrons. The number of nitrogens with zero attached hydrogens (tertiary/aromatic N) is 4. The number of rotatable bonds is 4. The van der Waals surface area contributed by atoms with Crippen LogP contribution in [0.3, 0.4) is 0 Å². The van der Waals surface area contributed by atoms with Gasteiger partial charge >= 0.3 is 0 Å². The molecule has 0 saturated carbocycles. The van der Waals surface area contributed by atoms with Gasteiger partial charge in [-0.2, -0.15) is 0 Å². The molecule has 2 unspecified atom stereocenters. The van der Waals surface area contributed by atoms with Gasteiger partial charge in [0.1, 0.15) is 11.6 Å². The molecule has 1 N–H and O–H groups in total. The average Bonchev–Trinajstić information content (AvgIpc) is 3.06. The Bertz CT molecular complexity index is 664. The van der Waals surface area contributed by atoms with Crippen LogP contribution in [-0.4, -0.2) is 60.9 Å². The molecule has 2 fully saturated rings. The first kappa shape index (κ1) is 17.8. The van der Waals surface area contributed by atoms with Gasteiger partial charge < -0.3 is 14.9 Å². The summed E-state index contributed by atoms with van der Waals surface area (Å²) in [7, 11) is 0. The van der Waals surface area contributed by atoms with E-state index >= 15 is 0 Å². The van der Waals surface area contributed by atoms with E-state index in [1.807, 2.05) is 20.8 Å². The zero-order valence-corrected chi connectivity index (χ0v) is 15.2. The lowest BCUT2D eigenvalue weighted by molar-refractivity contribution is -0.187. The molecule has 2 aliphatic rings. The van der Waals surface area contributed by atoms with Crippen LogP contribution in [0.5, 0.6) is 0 Å². The quantitative estimate of drug-likeness (QED) is 0.827. The molecule has 2 amide bonds. The van der Waals surface area contributed by atoms with E-state index < -0.39 is 17.7 Å². The summed E-state index contributed by atoms with van der Waals surface area (Å²) in [5.41, 5.74) is -0.775. The van der Waals surface area contributed by atoms with Crippen molar-refractivity contribution in [1.29, 1.82) is 0 Å². The third-order valence-electron chi connectivity index (χ3n) is 5.50. The molecule has 3 heterocycles. The molecular weight excluding hydrogens is 320 g/mol. The van der Waals surface area contributed by atoms with Crippen LogP contribution in [0, 0.1) is 5.92 Å². The summed E-state index contributed by atoms with van der Waals surface area (Å²) in [5, 5.41) is 10.3. The fraction of sp³-hybridized carbons (Fsp3) is 0.667. The number of likely N-dealkylation sites (tertiary alicyclic amines) is 2. The smallest absolute Gasteiger partial charge is 0.251 e. The molecule has 0 bridgehead atoms. The van der Waals surface area contributed by atoms with Crippen LogP contribution in [0.4, 0.5) is 0 Å². The van der Waals surface area contributed by atoms with Gasteiger partial charge in [0.15, 0.2) is 5.82 Å². The molecule has 25 heavy (non-hydrogen) atoms. The Morgan fingerprint density at radius 1 is 1.32 bits per heavy atom. The van der Waals surface area contributed by atoms with Crippen LogP contribution in [0.25, 0.3) is 0 Å². The molecule has 2 aliphatic heterocycles. The van der Waals surface area contributed by atoms with Crippen LogP contribution in [0.2, 0.25) is 0 Å². The third-order valence-corrected chi connectivity index (χ3v) is 5.50. The summed E-state index contributed by atoms with van der Waals surface area (Å²) < 4.78 is 0. The van der Waals surface area contributed by atoms with Crippen molar-refractivity contribution in [1.82, 2.24) is 19.8 Å². The van der Waals surface area contributed by atoms with Crippen LogP contribution in [0.1, 0.15) is 52.4 Å². The second-order valence-electron chi connectivity index (χ2n) is 7.35. The number of aromatic nitrogens is 2. The van der Waals surface area contributed by atoms with Crippen molar-refractivity contribution < 1.29 is 14.7 Å². The van der Waals surface area contributed by atoms with Gasteiger partial charge in [0.25, 0.3) is 5.91 Å². The zero-order valence-electron chi connectivity index (χ0n) is 15.2. The highest BCUT2D eigenvalue weighted by Gasteiger charge is 2.66. The van der Waals surface area contributed by atoms with Crippen molar-refractivity contribution in [3.8, 4) is 0 Å². The Labute approximate surface area is 148 Å². The van der Waals surface area contributed by atoms with Gasteiger partial charge in [-0.1, -0.05) is 13.8 Å². The minimum absolute atomic E-state index is 0.0157. The highest BCUT2D eigenvalue weighted by atomic mass is 16.3. The van der Waals surface area contributed by atoms with E-state index in [0.29, 0.717) is 18.8 Å². The summed E-state index contributed by atoms with van der Waals surface area (Å²) in [4.78, 5) is 37.7. The summed E-state index contributed by atoms with van der Waals surface area (Å²) in [6.07, 6.45) is 3.90. The van der Waals surface area contributed by atoms with Crippen molar-refractivity contribution in [2.75, 3.05) is 6.54 Å². The van der Waals surface area contributed by atoms with Gasteiger partial charge in [-0.15, -0.1) is 0 Å². The molecule has 7 heteroatoms. The molecule has 3 rings (SSSR count). The largest absolute Gasteiger partial charge is 0.391 e. The number of carbonyl (C=O) groups is 2. The molecule has 2 saturated heterocycles. The molecular formula is C18H26N4O3.